The van der Waals surface area contributed by atoms with E-state index < -0.39 is 5.97 Å². The molecule has 1 aromatic rings. The van der Waals surface area contributed by atoms with E-state index in [1.165, 1.54) is 6.08 Å². The maximum Gasteiger partial charge on any atom is 0.328 e. The SMILES string of the molecule is CCCCNC(=O)Nc1cc(C)cc(/C=C/C(=O)O)c1. The lowest BCUT2D eigenvalue weighted by atomic mass is 10.1. The van der Waals surface area contributed by atoms with Crippen LogP contribution < -0.4 is 10.6 Å². The van der Waals surface area contributed by atoms with Gasteiger partial charge < -0.3 is 15.7 Å². The molecule has 108 valence electrons. The molecule has 0 heterocycles. The van der Waals surface area contributed by atoms with Gasteiger partial charge in [0, 0.05) is 18.3 Å². The number of hydrogen-bond acceptors (Lipinski definition) is 2. The standard InChI is InChI=1S/C15H20N2O3/c1-3-4-7-16-15(20)17-13-9-11(2)8-12(10-13)5-6-14(18)19/h5-6,8-10H,3-4,7H2,1-2H3,(H,18,19)(H2,16,17,20)/b6-5+. The van der Waals surface area contributed by atoms with Crippen LogP contribution in [-0.4, -0.2) is 23.7 Å². The Bertz CT molecular complexity index is 510. The molecule has 0 aliphatic carbocycles. The number of amides is 2. The number of benzene rings is 1. The highest BCUT2D eigenvalue weighted by Gasteiger charge is 2.02. The molecule has 0 saturated heterocycles. The fraction of sp³-hybridized carbons (Fsp3) is 0.333. The number of aryl methyl sites for hydroxylation is 1. The van der Waals surface area contributed by atoms with E-state index in [1.54, 1.807) is 6.07 Å². The van der Waals surface area contributed by atoms with Crippen molar-refractivity contribution in [3.63, 3.8) is 0 Å². The van der Waals surface area contributed by atoms with Crippen LogP contribution in [0, 0.1) is 6.92 Å². The zero-order valence-electron chi connectivity index (χ0n) is 11.8. The number of carboxylic acid groups (broad SMARTS) is 1. The second kappa shape index (κ2) is 7.99. The molecule has 5 nitrogen and oxygen atoms in total. The molecule has 0 bridgehead atoms. The Kier molecular flexibility index (Phi) is 6.29. The lowest BCUT2D eigenvalue weighted by molar-refractivity contribution is -0.131. The topological polar surface area (TPSA) is 78.4 Å². The fourth-order valence-electron chi connectivity index (χ4n) is 1.70. The average molecular weight is 276 g/mol. The van der Waals surface area contributed by atoms with E-state index in [0.717, 1.165) is 30.0 Å². The predicted molar refractivity (Wildman–Crippen MR) is 79.8 cm³/mol. The predicted octanol–water partition coefficient (Wildman–Crippen LogP) is 3.01. The second-order valence-electron chi connectivity index (χ2n) is 4.54. The minimum atomic E-state index is -1.00. The lowest BCUT2D eigenvalue weighted by Crippen LogP contribution is -2.29. The smallest absolute Gasteiger partial charge is 0.328 e. The molecule has 20 heavy (non-hydrogen) atoms. The van der Waals surface area contributed by atoms with Gasteiger partial charge in [-0.3, -0.25) is 0 Å². The molecule has 1 rings (SSSR count). The first-order valence-corrected chi connectivity index (χ1v) is 6.59. The van der Waals surface area contributed by atoms with Gasteiger partial charge in [0.2, 0.25) is 0 Å². The van der Waals surface area contributed by atoms with Gasteiger partial charge in [-0.15, -0.1) is 0 Å². The summed E-state index contributed by atoms with van der Waals surface area (Å²) in [5.74, 6) is -1.00. The van der Waals surface area contributed by atoms with Gasteiger partial charge in [0.05, 0.1) is 0 Å². The van der Waals surface area contributed by atoms with Crippen molar-refractivity contribution in [3.05, 3.63) is 35.4 Å². The number of aliphatic carboxylic acids is 1. The van der Waals surface area contributed by atoms with Crippen LogP contribution in [0.25, 0.3) is 6.08 Å². The van der Waals surface area contributed by atoms with Gasteiger partial charge in [-0.1, -0.05) is 19.4 Å². The van der Waals surface area contributed by atoms with Crippen molar-refractivity contribution in [1.82, 2.24) is 5.32 Å². The van der Waals surface area contributed by atoms with E-state index >= 15 is 0 Å². The zero-order chi connectivity index (χ0) is 15.0. The number of carbonyl (C=O) groups excluding carboxylic acids is 1. The van der Waals surface area contributed by atoms with Crippen molar-refractivity contribution >= 4 is 23.8 Å². The van der Waals surface area contributed by atoms with Crippen molar-refractivity contribution in [3.8, 4) is 0 Å². The van der Waals surface area contributed by atoms with Crippen molar-refractivity contribution in [1.29, 1.82) is 0 Å². The van der Waals surface area contributed by atoms with E-state index in [9.17, 15) is 9.59 Å². The highest BCUT2D eigenvalue weighted by atomic mass is 16.4. The highest BCUT2D eigenvalue weighted by molar-refractivity contribution is 5.90. The average Bonchev–Trinajstić information content (AvgIpc) is 2.36. The van der Waals surface area contributed by atoms with Gasteiger partial charge in [-0.05, 0) is 42.7 Å². The Morgan fingerprint density at radius 2 is 2.05 bits per heavy atom. The minimum Gasteiger partial charge on any atom is -0.478 e. The number of carboxylic acids is 1. The maximum atomic E-state index is 11.6. The summed E-state index contributed by atoms with van der Waals surface area (Å²) in [5, 5.41) is 14.1. The van der Waals surface area contributed by atoms with E-state index in [2.05, 4.69) is 17.6 Å². The number of anilines is 1. The third-order valence-corrected chi connectivity index (χ3v) is 2.59. The summed E-state index contributed by atoms with van der Waals surface area (Å²) in [4.78, 5) is 22.1. The molecule has 2 amide bonds. The molecule has 0 radical (unpaired) electrons. The molecule has 0 fully saturated rings. The number of hydrogen-bond donors (Lipinski definition) is 3. The summed E-state index contributed by atoms with van der Waals surface area (Å²) in [6.45, 7) is 4.58. The van der Waals surface area contributed by atoms with Crippen LogP contribution >= 0.6 is 0 Å². The largest absolute Gasteiger partial charge is 0.478 e. The lowest BCUT2D eigenvalue weighted by Gasteiger charge is -2.09. The number of urea groups is 1. The molecule has 0 aromatic heterocycles. The Morgan fingerprint density at radius 1 is 1.30 bits per heavy atom. The molecule has 5 heteroatoms. The van der Waals surface area contributed by atoms with Crippen molar-refractivity contribution in [2.24, 2.45) is 0 Å². The van der Waals surface area contributed by atoms with Gasteiger partial charge in [0.15, 0.2) is 0 Å². The molecule has 3 N–H and O–H groups in total. The Balaban J connectivity index is 2.70. The molecule has 0 atom stereocenters. The molecular weight excluding hydrogens is 256 g/mol. The quantitative estimate of drug-likeness (QED) is 0.552. The summed E-state index contributed by atoms with van der Waals surface area (Å²) in [7, 11) is 0. The summed E-state index contributed by atoms with van der Waals surface area (Å²) < 4.78 is 0. The Morgan fingerprint density at radius 3 is 2.70 bits per heavy atom. The molecule has 0 unspecified atom stereocenters. The molecule has 0 aliphatic heterocycles. The van der Waals surface area contributed by atoms with Crippen LogP contribution in [0.5, 0.6) is 0 Å². The molecular formula is C15H20N2O3. The normalized spacial score (nSPS) is 10.5. The van der Waals surface area contributed by atoms with Gasteiger partial charge >= 0.3 is 12.0 Å². The van der Waals surface area contributed by atoms with Crippen molar-refractivity contribution in [2.75, 3.05) is 11.9 Å². The van der Waals surface area contributed by atoms with Gasteiger partial charge in [-0.2, -0.15) is 0 Å². The van der Waals surface area contributed by atoms with Crippen LogP contribution in [0.3, 0.4) is 0 Å². The maximum absolute atomic E-state index is 11.6. The third-order valence-electron chi connectivity index (χ3n) is 2.59. The Labute approximate surface area is 118 Å². The van der Waals surface area contributed by atoms with E-state index in [-0.39, 0.29) is 6.03 Å². The fourth-order valence-corrected chi connectivity index (χ4v) is 1.70. The summed E-state index contributed by atoms with van der Waals surface area (Å²) in [6, 6.07) is 5.15. The third kappa shape index (κ3) is 6.04. The summed E-state index contributed by atoms with van der Waals surface area (Å²) in [6.07, 6.45) is 4.53. The zero-order valence-corrected chi connectivity index (χ0v) is 11.8. The number of carbonyl (C=O) groups is 2. The summed E-state index contributed by atoms with van der Waals surface area (Å²) in [5.41, 5.74) is 2.32. The van der Waals surface area contributed by atoms with Gasteiger partial charge in [-0.25, -0.2) is 9.59 Å². The first-order valence-electron chi connectivity index (χ1n) is 6.59. The van der Waals surface area contributed by atoms with Crippen LogP contribution in [0.15, 0.2) is 24.3 Å². The van der Waals surface area contributed by atoms with Crippen molar-refractivity contribution in [2.45, 2.75) is 26.7 Å². The van der Waals surface area contributed by atoms with E-state index in [0.29, 0.717) is 12.2 Å². The van der Waals surface area contributed by atoms with Gasteiger partial charge in [0.1, 0.15) is 0 Å². The van der Waals surface area contributed by atoms with Crippen LogP contribution in [0.4, 0.5) is 10.5 Å². The highest BCUT2D eigenvalue weighted by Crippen LogP contribution is 2.15. The molecule has 0 aliphatic rings. The second-order valence-corrected chi connectivity index (χ2v) is 4.54. The number of rotatable bonds is 6. The van der Waals surface area contributed by atoms with Gasteiger partial charge in [0.25, 0.3) is 0 Å². The molecule has 1 aromatic carbocycles. The van der Waals surface area contributed by atoms with Crippen LogP contribution in [0.2, 0.25) is 0 Å². The van der Waals surface area contributed by atoms with Crippen molar-refractivity contribution < 1.29 is 14.7 Å². The Hall–Kier alpha value is -2.30. The number of unbranched alkanes of at least 4 members (excludes halogenated alkanes) is 1. The molecule has 0 saturated carbocycles. The monoisotopic (exact) mass is 276 g/mol. The van der Waals surface area contributed by atoms with E-state index in [1.807, 2.05) is 19.1 Å². The summed E-state index contributed by atoms with van der Waals surface area (Å²) >= 11 is 0. The minimum absolute atomic E-state index is 0.253. The van der Waals surface area contributed by atoms with Crippen LogP contribution in [-0.2, 0) is 4.79 Å². The first kappa shape index (κ1) is 15.8. The first-order chi connectivity index (χ1) is 9.51. The number of nitrogens with one attached hydrogen (secondary N) is 2. The molecule has 0 spiro atoms. The van der Waals surface area contributed by atoms with Crippen LogP contribution in [0.1, 0.15) is 30.9 Å². The van der Waals surface area contributed by atoms with E-state index in [4.69, 9.17) is 5.11 Å².